The topological polar surface area (TPSA) is 46.5 Å². The molecule has 1 aromatic rings. The molecule has 17 heavy (non-hydrogen) atoms. The number of carbonyl (C=O) groups is 1. The van der Waals surface area contributed by atoms with Gasteiger partial charge in [0, 0.05) is 0 Å². The lowest BCUT2D eigenvalue weighted by Gasteiger charge is -2.11. The minimum absolute atomic E-state index is 0.346. The number of methoxy groups -OCH3 is 1. The number of allylic oxidation sites excluding steroid dienone is 1. The number of carboxylic acids is 1. The Hall–Kier alpha value is -1.77. The highest BCUT2D eigenvalue weighted by Crippen LogP contribution is 2.18. The molecule has 0 saturated carbocycles. The third-order valence-corrected chi connectivity index (χ3v) is 2.71. The third-order valence-electron chi connectivity index (χ3n) is 2.71. The van der Waals surface area contributed by atoms with Gasteiger partial charge in [0.1, 0.15) is 5.75 Å². The predicted octanol–water partition coefficient (Wildman–Crippen LogP) is 2.90. The fourth-order valence-corrected chi connectivity index (χ4v) is 1.68. The Morgan fingerprint density at radius 1 is 1.47 bits per heavy atom. The lowest BCUT2D eigenvalue weighted by molar-refractivity contribution is -0.141. The maximum Gasteiger partial charge on any atom is 0.306 e. The van der Waals surface area contributed by atoms with Crippen LogP contribution in [0.2, 0.25) is 0 Å². The van der Waals surface area contributed by atoms with Crippen molar-refractivity contribution in [3.05, 3.63) is 42.5 Å². The molecule has 0 aliphatic rings. The molecule has 0 radical (unpaired) electrons. The van der Waals surface area contributed by atoms with Gasteiger partial charge in [0.25, 0.3) is 0 Å². The van der Waals surface area contributed by atoms with Gasteiger partial charge in [-0.3, -0.25) is 4.79 Å². The molecule has 1 aromatic carbocycles. The van der Waals surface area contributed by atoms with Crippen LogP contribution in [0, 0.1) is 5.92 Å². The van der Waals surface area contributed by atoms with Crippen LogP contribution in [0.4, 0.5) is 0 Å². The highest BCUT2D eigenvalue weighted by molar-refractivity contribution is 5.70. The van der Waals surface area contributed by atoms with Crippen molar-refractivity contribution in [1.29, 1.82) is 0 Å². The van der Waals surface area contributed by atoms with Gasteiger partial charge in [0.05, 0.1) is 13.0 Å². The minimum Gasteiger partial charge on any atom is -0.497 e. The van der Waals surface area contributed by atoms with Crippen LogP contribution in [-0.2, 0) is 11.2 Å². The summed E-state index contributed by atoms with van der Waals surface area (Å²) < 4.78 is 5.06. The number of rotatable bonds is 7. The highest BCUT2D eigenvalue weighted by Gasteiger charge is 2.16. The van der Waals surface area contributed by atoms with Crippen molar-refractivity contribution in [3.63, 3.8) is 0 Å². The lowest BCUT2D eigenvalue weighted by Crippen LogP contribution is -2.16. The summed E-state index contributed by atoms with van der Waals surface area (Å²) >= 11 is 0. The summed E-state index contributed by atoms with van der Waals surface area (Å²) in [7, 11) is 1.61. The van der Waals surface area contributed by atoms with Gasteiger partial charge in [-0.1, -0.05) is 18.2 Å². The van der Waals surface area contributed by atoms with Gasteiger partial charge in [0.2, 0.25) is 0 Å². The molecule has 0 fully saturated rings. The summed E-state index contributed by atoms with van der Waals surface area (Å²) in [4.78, 5) is 11.1. The molecule has 0 bridgehead atoms. The summed E-state index contributed by atoms with van der Waals surface area (Å²) in [6.07, 6.45) is 3.66. The second-order valence-electron chi connectivity index (χ2n) is 3.95. The number of benzene rings is 1. The Balaban J connectivity index is 2.64. The number of ether oxygens (including phenoxy) is 1. The van der Waals surface area contributed by atoms with Crippen LogP contribution in [-0.4, -0.2) is 18.2 Å². The van der Waals surface area contributed by atoms with Gasteiger partial charge in [0.15, 0.2) is 0 Å². The first-order valence-corrected chi connectivity index (χ1v) is 5.64. The normalized spacial score (nSPS) is 11.8. The summed E-state index contributed by atoms with van der Waals surface area (Å²) in [6.45, 7) is 3.61. The first-order chi connectivity index (χ1) is 8.17. The fourth-order valence-electron chi connectivity index (χ4n) is 1.68. The van der Waals surface area contributed by atoms with Crippen LogP contribution in [0.25, 0.3) is 0 Å². The molecule has 0 heterocycles. The molecule has 3 heteroatoms. The molecule has 0 aliphatic heterocycles. The molecule has 0 spiro atoms. The zero-order valence-electron chi connectivity index (χ0n) is 10.1. The summed E-state index contributed by atoms with van der Waals surface area (Å²) in [5.74, 6) is -0.309. The van der Waals surface area contributed by atoms with E-state index in [1.165, 1.54) is 0 Å². The lowest BCUT2D eigenvalue weighted by atomic mass is 9.95. The van der Waals surface area contributed by atoms with Crippen LogP contribution in [0.1, 0.15) is 18.4 Å². The van der Waals surface area contributed by atoms with Gasteiger partial charge in [-0.05, 0) is 37.0 Å². The predicted molar refractivity (Wildman–Crippen MR) is 67.3 cm³/mol. The van der Waals surface area contributed by atoms with E-state index in [9.17, 15) is 4.79 Å². The molecule has 0 amide bonds. The van der Waals surface area contributed by atoms with Crippen molar-refractivity contribution in [2.45, 2.75) is 19.3 Å². The van der Waals surface area contributed by atoms with E-state index in [2.05, 4.69) is 6.58 Å². The van der Waals surface area contributed by atoms with E-state index in [0.29, 0.717) is 12.8 Å². The monoisotopic (exact) mass is 234 g/mol. The number of carboxylic acid groups (broad SMARTS) is 1. The Bertz CT molecular complexity index is 368. The van der Waals surface area contributed by atoms with E-state index in [-0.39, 0.29) is 5.92 Å². The molecule has 1 rings (SSSR count). The van der Waals surface area contributed by atoms with Crippen molar-refractivity contribution in [1.82, 2.24) is 0 Å². The van der Waals surface area contributed by atoms with Crippen molar-refractivity contribution >= 4 is 5.97 Å². The van der Waals surface area contributed by atoms with Crippen LogP contribution in [0.3, 0.4) is 0 Å². The van der Waals surface area contributed by atoms with Crippen molar-refractivity contribution < 1.29 is 14.6 Å². The van der Waals surface area contributed by atoms with Gasteiger partial charge in [-0.2, -0.15) is 0 Å². The second kappa shape index (κ2) is 6.74. The first kappa shape index (κ1) is 13.3. The zero-order chi connectivity index (χ0) is 12.7. The van der Waals surface area contributed by atoms with Gasteiger partial charge in [-0.15, -0.1) is 6.58 Å². The van der Waals surface area contributed by atoms with E-state index in [4.69, 9.17) is 9.84 Å². The molecule has 92 valence electrons. The maximum atomic E-state index is 11.1. The van der Waals surface area contributed by atoms with E-state index in [1.807, 2.05) is 24.3 Å². The molecule has 1 unspecified atom stereocenters. The van der Waals surface area contributed by atoms with Crippen LogP contribution in [0.15, 0.2) is 36.9 Å². The molecule has 0 aromatic heterocycles. The van der Waals surface area contributed by atoms with E-state index >= 15 is 0 Å². The zero-order valence-corrected chi connectivity index (χ0v) is 10.1. The SMILES string of the molecule is C=CCCC(Cc1ccc(OC)cc1)C(=O)O. The van der Waals surface area contributed by atoms with Crippen molar-refractivity contribution in [2.24, 2.45) is 5.92 Å². The van der Waals surface area contributed by atoms with Gasteiger partial charge in [-0.25, -0.2) is 0 Å². The minimum atomic E-state index is -0.748. The van der Waals surface area contributed by atoms with Crippen molar-refractivity contribution in [2.75, 3.05) is 7.11 Å². The Labute approximate surface area is 102 Å². The second-order valence-corrected chi connectivity index (χ2v) is 3.95. The molecular weight excluding hydrogens is 216 g/mol. The first-order valence-electron chi connectivity index (χ1n) is 5.64. The molecule has 1 N–H and O–H groups in total. The van der Waals surface area contributed by atoms with E-state index < -0.39 is 5.97 Å². The largest absolute Gasteiger partial charge is 0.497 e. The standard InChI is InChI=1S/C14H18O3/c1-3-4-5-12(14(15)16)10-11-6-8-13(17-2)9-7-11/h3,6-9,12H,1,4-5,10H2,2H3,(H,15,16). The third kappa shape index (κ3) is 4.31. The number of hydrogen-bond donors (Lipinski definition) is 1. The maximum absolute atomic E-state index is 11.1. The van der Waals surface area contributed by atoms with E-state index in [0.717, 1.165) is 17.7 Å². The highest BCUT2D eigenvalue weighted by atomic mass is 16.5. The number of aliphatic carboxylic acids is 1. The number of hydrogen-bond acceptors (Lipinski definition) is 2. The average molecular weight is 234 g/mol. The van der Waals surface area contributed by atoms with Crippen LogP contribution in [0.5, 0.6) is 5.75 Å². The average Bonchev–Trinajstić information content (AvgIpc) is 2.35. The molecule has 0 saturated heterocycles. The molecular formula is C14H18O3. The van der Waals surface area contributed by atoms with Gasteiger partial charge < -0.3 is 9.84 Å². The van der Waals surface area contributed by atoms with Crippen LogP contribution >= 0.6 is 0 Å². The van der Waals surface area contributed by atoms with Gasteiger partial charge >= 0.3 is 5.97 Å². The molecule has 1 atom stereocenters. The Morgan fingerprint density at radius 2 is 2.12 bits per heavy atom. The Kier molecular flexibility index (Phi) is 5.27. The Morgan fingerprint density at radius 3 is 2.59 bits per heavy atom. The quantitative estimate of drug-likeness (QED) is 0.738. The summed E-state index contributed by atoms with van der Waals surface area (Å²) in [6, 6.07) is 7.51. The van der Waals surface area contributed by atoms with Crippen molar-refractivity contribution in [3.8, 4) is 5.75 Å². The summed E-state index contributed by atoms with van der Waals surface area (Å²) in [5.41, 5.74) is 1.02. The fraction of sp³-hybridized carbons (Fsp3) is 0.357. The molecule has 0 aliphatic carbocycles. The van der Waals surface area contributed by atoms with E-state index in [1.54, 1.807) is 13.2 Å². The smallest absolute Gasteiger partial charge is 0.306 e. The van der Waals surface area contributed by atoms with Crippen LogP contribution < -0.4 is 4.74 Å². The summed E-state index contributed by atoms with van der Waals surface area (Å²) in [5, 5.41) is 9.10. The molecule has 3 nitrogen and oxygen atoms in total.